The second-order valence-electron chi connectivity index (χ2n) is 7.35. The average Bonchev–Trinajstić information content (AvgIpc) is 3.11. The number of rotatable bonds is 8. The average molecular weight is 370 g/mol. The summed E-state index contributed by atoms with van der Waals surface area (Å²) in [5.74, 6) is -0.350. The fraction of sp³-hybridized carbons (Fsp3) is 0.545. The number of nitrogens with zero attached hydrogens (tertiary/aromatic N) is 1. The largest absolute Gasteiger partial charge is 0.456 e. The number of hydrogen-bond acceptors (Lipinski definition) is 3. The summed E-state index contributed by atoms with van der Waals surface area (Å²) in [6.45, 7) is 2.55. The Hall–Kier alpha value is -2.30. The molecule has 1 N–H and O–H groups in total. The fourth-order valence-corrected chi connectivity index (χ4v) is 4.09. The summed E-state index contributed by atoms with van der Waals surface area (Å²) in [5, 5.41) is 1.20. The van der Waals surface area contributed by atoms with Gasteiger partial charge in [0.1, 0.15) is 0 Å². The molecule has 1 aromatic carbocycles. The third-order valence-electron chi connectivity index (χ3n) is 5.54. The summed E-state index contributed by atoms with van der Waals surface area (Å²) < 4.78 is 5.25. The van der Waals surface area contributed by atoms with Crippen LogP contribution in [0.2, 0.25) is 0 Å². The van der Waals surface area contributed by atoms with Gasteiger partial charge in [0.05, 0.1) is 0 Å². The van der Waals surface area contributed by atoms with Gasteiger partial charge in [-0.2, -0.15) is 0 Å². The van der Waals surface area contributed by atoms with Gasteiger partial charge in [0.15, 0.2) is 6.61 Å². The molecule has 5 nitrogen and oxygen atoms in total. The molecule has 0 unspecified atom stereocenters. The zero-order valence-corrected chi connectivity index (χ0v) is 16.2. The number of esters is 1. The smallest absolute Gasteiger partial charge is 0.306 e. The Morgan fingerprint density at radius 3 is 2.74 bits per heavy atom. The van der Waals surface area contributed by atoms with E-state index >= 15 is 0 Å². The lowest BCUT2D eigenvalue weighted by Crippen LogP contribution is -2.43. The number of aryl methyl sites for hydroxylation is 1. The van der Waals surface area contributed by atoms with Gasteiger partial charge in [-0.25, -0.2) is 0 Å². The van der Waals surface area contributed by atoms with Crippen molar-refractivity contribution in [3.05, 3.63) is 36.0 Å². The van der Waals surface area contributed by atoms with Crippen LogP contribution in [0.5, 0.6) is 0 Å². The van der Waals surface area contributed by atoms with Gasteiger partial charge in [-0.05, 0) is 44.2 Å². The summed E-state index contributed by atoms with van der Waals surface area (Å²) in [6.07, 6.45) is 9.63. The van der Waals surface area contributed by atoms with E-state index in [4.69, 9.17) is 4.74 Å². The molecule has 1 amide bonds. The first-order valence-corrected chi connectivity index (χ1v) is 10.2. The van der Waals surface area contributed by atoms with E-state index in [-0.39, 0.29) is 18.5 Å². The van der Waals surface area contributed by atoms with E-state index in [1.807, 2.05) is 36.2 Å². The van der Waals surface area contributed by atoms with Gasteiger partial charge >= 0.3 is 5.97 Å². The van der Waals surface area contributed by atoms with E-state index in [0.29, 0.717) is 19.0 Å². The predicted molar refractivity (Wildman–Crippen MR) is 106 cm³/mol. The highest BCUT2D eigenvalue weighted by Crippen LogP contribution is 2.23. The van der Waals surface area contributed by atoms with Crippen molar-refractivity contribution in [1.29, 1.82) is 0 Å². The van der Waals surface area contributed by atoms with Crippen LogP contribution in [0.3, 0.4) is 0 Å². The molecule has 0 bridgehead atoms. The van der Waals surface area contributed by atoms with Crippen molar-refractivity contribution < 1.29 is 14.3 Å². The molecule has 27 heavy (non-hydrogen) atoms. The number of carbonyl (C=O) groups excluding carboxylic acids is 2. The van der Waals surface area contributed by atoms with Crippen molar-refractivity contribution in [3.63, 3.8) is 0 Å². The number of fused-ring (bicyclic) bond motifs is 1. The van der Waals surface area contributed by atoms with Crippen LogP contribution in [0.15, 0.2) is 30.5 Å². The van der Waals surface area contributed by atoms with Crippen LogP contribution < -0.4 is 0 Å². The van der Waals surface area contributed by atoms with Crippen molar-refractivity contribution in [3.8, 4) is 0 Å². The number of para-hydroxylation sites is 1. The van der Waals surface area contributed by atoms with Gasteiger partial charge in [-0.3, -0.25) is 9.59 Å². The zero-order chi connectivity index (χ0) is 19.1. The number of aromatic amines is 1. The molecule has 0 spiro atoms. The predicted octanol–water partition coefficient (Wildman–Crippen LogP) is 4.22. The molecule has 1 aliphatic rings. The monoisotopic (exact) mass is 370 g/mol. The Morgan fingerprint density at radius 1 is 1.19 bits per heavy atom. The summed E-state index contributed by atoms with van der Waals surface area (Å²) in [4.78, 5) is 29.6. The lowest BCUT2D eigenvalue weighted by atomic mass is 9.94. The van der Waals surface area contributed by atoms with Crippen LogP contribution >= 0.6 is 0 Å². The molecule has 0 atom stereocenters. The molecule has 1 fully saturated rings. The lowest BCUT2D eigenvalue weighted by molar-refractivity contribution is -0.153. The van der Waals surface area contributed by atoms with Crippen LogP contribution in [0.1, 0.15) is 57.4 Å². The summed E-state index contributed by atoms with van der Waals surface area (Å²) in [5.41, 5.74) is 2.33. The van der Waals surface area contributed by atoms with Crippen molar-refractivity contribution >= 4 is 22.8 Å². The van der Waals surface area contributed by atoms with E-state index in [1.54, 1.807) is 0 Å². The van der Waals surface area contributed by atoms with Crippen LogP contribution in [0.4, 0.5) is 0 Å². The van der Waals surface area contributed by atoms with Gasteiger partial charge in [-0.1, -0.05) is 37.5 Å². The molecule has 146 valence electrons. The van der Waals surface area contributed by atoms with Crippen LogP contribution in [-0.4, -0.2) is 41.0 Å². The molecule has 3 rings (SSSR count). The lowest BCUT2D eigenvalue weighted by Gasteiger charge is -2.33. The summed E-state index contributed by atoms with van der Waals surface area (Å²) in [6, 6.07) is 8.47. The van der Waals surface area contributed by atoms with Gasteiger partial charge in [0, 0.05) is 36.1 Å². The highest BCUT2D eigenvalue weighted by Gasteiger charge is 2.24. The van der Waals surface area contributed by atoms with Gasteiger partial charge in [0.25, 0.3) is 5.91 Å². The second-order valence-corrected chi connectivity index (χ2v) is 7.35. The fourth-order valence-electron chi connectivity index (χ4n) is 4.09. The van der Waals surface area contributed by atoms with Gasteiger partial charge in [0.2, 0.25) is 0 Å². The van der Waals surface area contributed by atoms with Crippen molar-refractivity contribution in [2.45, 2.75) is 64.3 Å². The Morgan fingerprint density at radius 2 is 1.96 bits per heavy atom. The maximum Gasteiger partial charge on any atom is 0.306 e. The Balaban J connectivity index is 1.40. The number of ether oxygens (including phenoxy) is 1. The van der Waals surface area contributed by atoms with E-state index in [9.17, 15) is 9.59 Å². The molecular formula is C22H30N2O3. The number of likely N-dealkylation sites (N-methyl/N-ethyl adjacent to an activating group) is 1. The first-order valence-electron chi connectivity index (χ1n) is 10.2. The quantitative estimate of drug-likeness (QED) is 0.708. The Kier molecular flexibility index (Phi) is 6.91. The minimum atomic E-state index is -0.289. The molecule has 1 saturated carbocycles. The number of carbonyl (C=O) groups is 2. The molecule has 5 heteroatoms. The van der Waals surface area contributed by atoms with Crippen LogP contribution in [0.25, 0.3) is 10.9 Å². The maximum atomic E-state index is 12.4. The SMILES string of the molecule is CCN(C(=O)COC(=O)CCCc1c[nH]c2ccccc12)C1CCCCC1. The van der Waals surface area contributed by atoms with E-state index in [1.165, 1.54) is 30.2 Å². The molecule has 0 aliphatic heterocycles. The van der Waals surface area contributed by atoms with Crippen molar-refractivity contribution in [2.75, 3.05) is 13.2 Å². The Bertz CT molecular complexity index is 762. The number of amides is 1. The first kappa shape index (κ1) is 19.5. The van der Waals surface area contributed by atoms with Gasteiger partial charge in [-0.15, -0.1) is 0 Å². The minimum Gasteiger partial charge on any atom is -0.456 e. The summed E-state index contributed by atoms with van der Waals surface area (Å²) >= 11 is 0. The van der Waals surface area contributed by atoms with E-state index in [0.717, 1.165) is 31.2 Å². The molecule has 0 saturated heterocycles. The number of aromatic nitrogens is 1. The second kappa shape index (κ2) is 9.58. The molecular weight excluding hydrogens is 340 g/mol. The van der Waals surface area contributed by atoms with Crippen LogP contribution in [0, 0.1) is 0 Å². The standard InChI is InChI=1S/C22H30N2O3/c1-2-24(18-10-4-3-5-11-18)21(25)16-27-22(26)14-8-9-17-15-23-20-13-7-6-12-19(17)20/h6-7,12-13,15,18,23H,2-5,8-11,14,16H2,1H3. The topological polar surface area (TPSA) is 62.4 Å². The van der Waals surface area contributed by atoms with E-state index in [2.05, 4.69) is 11.1 Å². The summed E-state index contributed by atoms with van der Waals surface area (Å²) in [7, 11) is 0. The van der Waals surface area contributed by atoms with Crippen molar-refractivity contribution in [1.82, 2.24) is 9.88 Å². The third kappa shape index (κ3) is 5.12. The first-order chi connectivity index (χ1) is 13.2. The Labute approximate surface area is 161 Å². The minimum absolute atomic E-state index is 0.0608. The normalized spacial score (nSPS) is 15.0. The van der Waals surface area contributed by atoms with Crippen LogP contribution in [-0.2, 0) is 20.7 Å². The number of hydrogen-bond donors (Lipinski definition) is 1. The number of benzene rings is 1. The van der Waals surface area contributed by atoms with Crippen molar-refractivity contribution in [2.24, 2.45) is 0 Å². The van der Waals surface area contributed by atoms with Gasteiger partial charge < -0.3 is 14.6 Å². The number of nitrogens with one attached hydrogen (secondary N) is 1. The highest BCUT2D eigenvalue weighted by atomic mass is 16.5. The molecule has 2 aromatic rings. The molecule has 1 aliphatic carbocycles. The highest BCUT2D eigenvalue weighted by molar-refractivity contribution is 5.83. The third-order valence-corrected chi connectivity index (χ3v) is 5.54. The molecule has 0 radical (unpaired) electrons. The maximum absolute atomic E-state index is 12.4. The van der Waals surface area contributed by atoms with E-state index < -0.39 is 0 Å². The molecule has 1 aromatic heterocycles. The number of H-pyrrole nitrogens is 1. The zero-order valence-electron chi connectivity index (χ0n) is 16.2. The molecule has 1 heterocycles.